The van der Waals surface area contributed by atoms with E-state index in [0.29, 0.717) is 13.1 Å². The Morgan fingerprint density at radius 2 is 1.68 bits per heavy atom. The van der Waals surface area contributed by atoms with Gasteiger partial charge in [-0.3, -0.25) is 0 Å². The zero-order chi connectivity index (χ0) is 13.7. The smallest absolute Gasteiger partial charge is 0.446 e. The molecule has 1 aromatic heterocycles. The van der Waals surface area contributed by atoms with E-state index in [1.165, 1.54) is 12.1 Å². The van der Waals surface area contributed by atoms with Gasteiger partial charge in [-0.1, -0.05) is 12.1 Å². The maximum Gasteiger partial charge on any atom is 0.446 e. The molecule has 0 aliphatic rings. The summed E-state index contributed by atoms with van der Waals surface area (Å²) in [7, 11) is 0. The van der Waals surface area contributed by atoms with E-state index in [2.05, 4.69) is 5.32 Å². The molecule has 19 heavy (non-hydrogen) atoms. The molecule has 2 nitrogen and oxygen atoms in total. The molecule has 0 amide bonds. The molecule has 2 rings (SSSR count). The van der Waals surface area contributed by atoms with Gasteiger partial charge in [0.2, 0.25) is 0 Å². The molecule has 0 radical (unpaired) electrons. The predicted molar refractivity (Wildman–Crippen MR) is 67.6 cm³/mol. The van der Waals surface area contributed by atoms with Crippen LogP contribution in [0.4, 0.5) is 13.2 Å². The molecule has 0 unspecified atom stereocenters. The Kier molecular flexibility index (Phi) is 4.55. The van der Waals surface area contributed by atoms with Crippen molar-refractivity contribution in [2.75, 3.05) is 0 Å². The normalized spacial score (nSPS) is 11.7. The quantitative estimate of drug-likeness (QED) is 0.835. The minimum Gasteiger partial charge on any atom is -0.472 e. The van der Waals surface area contributed by atoms with Gasteiger partial charge in [0, 0.05) is 23.5 Å². The minimum absolute atomic E-state index is 0.101. The van der Waals surface area contributed by atoms with Gasteiger partial charge < -0.3 is 9.73 Å². The van der Waals surface area contributed by atoms with E-state index >= 15 is 0 Å². The summed E-state index contributed by atoms with van der Waals surface area (Å²) in [5.41, 5.74) is -2.26. The number of hydrogen-bond donors (Lipinski definition) is 1. The van der Waals surface area contributed by atoms with E-state index in [0.717, 1.165) is 11.1 Å². The van der Waals surface area contributed by atoms with Gasteiger partial charge in [-0.15, -0.1) is 0 Å². The van der Waals surface area contributed by atoms with E-state index in [9.17, 15) is 13.2 Å². The van der Waals surface area contributed by atoms with E-state index in [4.69, 9.17) is 4.42 Å². The van der Waals surface area contributed by atoms with Gasteiger partial charge in [-0.25, -0.2) is 0 Å². The molecule has 1 N–H and O–H groups in total. The van der Waals surface area contributed by atoms with Gasteiger partial charge in [0.15, 0.2) is 0 Å². The highest BCUT2D eigenvalue weighted by molar-refractivity contribution is 8.00. The summed E-state index contributed by atoms with van der Waals surface area (Å²) in [5.74, 6) is 0. The molecule has 0 saturated carbocycles. The lowest BCUT2D eigenvalue weighted by molar-refractivity contribution is -0.0328. The van der Waals surface area contributed by atoms with Crippen molar-refractivity contribution in [3.63, 3.8) is 0 Å². The van der Waals surface area contributed by atoms with Crippen molar-refractivity contribution in [2.45, 2.75) is 23.5 Å². The number of benzene rings is 1. The first-order chi connectivity index (χ1) is 9.03. The molecular formula is C13H12F3NOS. The topological polar surface area (TPSA) is 25.2 Å². The highest BCUT2D eigenvalue weighted by Gasteiger charge is 2.28. The molecule has 6 heteroatoms. The van der Waals surface area contributed by atoms with Crippen LogP contribution in [-0.4, -0.2) is 5.51 Å². The van der Waals surface area contributed by atoms with Crippen LogP contribution < -0.4 is 5.32 Å². The maximum atomic E-state index is 12.1. The molecule has 0 spiro atoms. The summed E-state index contributed by atoms with van der Waals surface area (Å²) in [4.78, 5) is 0.200. The number of hydrogen-bond acceptors (Lipinski definition) is 3. The summed E-state index contributed by atoms with van der Waals surface area (Å²) in [5, 5.41) is 3.18. The van der Waals surface area contributed by atoms with Gasteiger partial charge in [0.25, 0.3) is 0 Å². The van der Waals surface area contributed by atoms with Gasteiger partial charge in [0.05, 0.1) is 12.5 Å². The van der Waals surface area contributed by atoms with Gasteiger partial charge in [-0.2, -0.15) is 13.2 Å². The lowest BCUT2D eigenvalue weighted by Crippen LogP contribution is -2.11. The second-order valence-electron chi connectivity index (χ2n) is 3.93. The summed E-state index contributed by atoms with van der Waals surface area (Å²) in [6, 6.07) is 8.20. The Labute approximate surface area is 113 Å². The molecule has 0 aliphatic carbocycles. The molecule has 0 bridgehead atoms. The van der Waals surface area contributed by atoms with Crippen molar-refractivity contribution in [3.05, 3.63) is 54.0 Å². The number of halogens is 3. The molecule has 2 aromatic rings. The number of nitrogens with one attached hydrogen (secondary N) is 1. The molecular weight excluding hydrogens is 275 g/mol. The Balaban J connectivity index is 1.81. The second-order valence-corrected chi connectivity index (χ2v) is 5.07. The first-order valence-electron chi connectivity index (χ1n) is 5.59. The van der Waals surface area contributed by atoms with Crippen molar-refractivity contribution >= 4 is 11.8 Å². The van der Waals surface area contributed by atoms with Gasteiger partial charge in [0.1, 0.15) is 0 Å². The van der Waals surface area contributed by atoms with Crippen molar-refractivity contribution in [2.24, 2.45) is 0 Å². The average molecular weight is 287 g/mol. The van der Waals surface area contributed by atoms with Crippen molar-refractivity contribution in [1.29, 1.82) is 0 Å². The number of rotatable bonds is 5. The molecule has 1 heterocycles. The monoisotopic (exact) mass is 287 g/mol. The average Bonchev–Trinajstić information content (AvgIpc) is 2.82. The van der Waals surface area contributed by atoms with Crippen molar-refractivity contribution in [3.8, 4) is 0 Å². The van der Waals surface area contributed by atoms with E-state index in [1.54, 1.807) is 24.7 Å². The van der Waals surface area contributed by atoms with E-state index < -0.39 is 5.51 Å². The van der Waals surface area contributed by atoms with Crippen LogP contribution in [0, 0.1) is 0 Å². The van der Waals surface area contributed by atoms with Crippen LogP contribution in [0.5, 0.6) is 0 Å². The largest absolute Gasteiger partial charge is 0.472 e. The first-order valence-corrected chi connectivity index (χ1v) is 6.41. The third kappa shape index (κ3) is 5.00. The van der Waals surface area contributed by atoms with Crippen LogP contribution >= 0.6 is 11.8 Å². The van der Waals surface area contributed by atoms with Crippen molar-refractivity contribution < 1.29 is 17.6 Å². The lowest BCUT2D eigenvalue weighted by atomic mass is 10.2. The van der Waals surface area contributed by atoms with Crippen LogP contribution in [-0.2, 0) is 13.1 Å². The Bertz CT molecular complexity index is 494. The zero-order valence-corrected chi connectivity index (χ0v) is 10.7. The molecule has 1 aromatic carbocycles. The lowest BCUT2D eigenvalue weighted by Gasteiger charge is -2.07. The number of thioether (sulfide) groups is 1. The minimum atomic E-state index is -4.24. The maximum absolute atomic E-state index is 12.1. The van der Waals surface area contributed by atoms with E-state index in [-0.39, 0.29) is 16.7 Å². The predicted octanol–water partition coefficient (Wildman–Crippen LogP) is 4.18. The van der Waals surface area contributed by atoms with Crippen LogP contribution in [0.2, 0.25) is 0 Å². The Morgan fingerprint density at radius 3 is 2.26 bits per heavy atom. The fourth-order valence-corrected chi connectivity index (χ4v) is 2.09. The highest BCUT2D eigenvalue weighted by Crippen LogP contribution is 2.36. The summed E-state index contributed by atoms with van der Waals surface area (Å²) >= 11 is -0.101. The first kappa shape index (κ1) is 14.0. The van der Waals surface area contributed by atoms with Crippen LogP contribution in [0.15, 0.2) is 52.2 Å². The van der Waals surface area contributed by atoms with Crippen molar-refractivity contribution in [1.82, 2.24) is 5.32 Å². The van der Waals surface area contributed by atoms with Crippen LogP contribution in [0.1, 0.15) is 11.1 Å². The molecule has 102 valence electrons. The Hall–Kier alpha value is -1.40. The van der Waals surface area contributed by atoms with Gasteiger partial charge in [-0.05, 0) is 35.5 Å². The third-order valence-electron chi connectivity index (χ3n) is 2.40. The van der Waals surface area contributed by atoms with E-state index in [1.807, 2.05) is 6.07 Å². The number of alkyl halides is 3. The van der Waals surface area contributed by atoms with Gasteiger partial charge >= 0.3 is 5.51 Å². The fourth-order valence-electron chi connectivity index (χ4n) is 1.55. The number of furan rings is 1. The summed E-state index contributed by atoms with van der Waals surface area (Å²) < 4.78 is 41.4. The fraction of sp³-hybridized carbons (Fsp3) is 0.231. The van der Waals surface area contributed by atoms with Crippen LogP contribution in [0.3, 0.4) is 0 Å². The summed E-state index contributed by atoms with van der Waals surface area (Å²) in [6.45, 7) is 1.26. The molecule has 0 atom stereocenters. The van der Waals surface area contributed by atoms with Crippen LogP contribution in [0.25, 0.3) is 0 Å². The summed E-state index contributed by atoms with van der Waals surface area (Å²) in [6.07, 6.45) is 3.25. The zero-order valence-electron chi connectivity index (χ0n) is 9.91. The Morgan fingerprint density at radius 1 is 1.00 bits per heavy atom. The second kappa shape index (κ2) is 6.16. The molecule has 0 aliphatic heterocycles. The SMILES string of the molecule is FC(F)(F)Sc1ccc(CNCc2ccoc2)cc1. The molecule has 0 saturated heterocycles. The molecule has 0 fully saturated rings. The standard InChI is InChI=1S/C13H12F3NOS/c14-13(15,16)19-12-3-1-10(2-4-12)7-17-8-11-5-6-18-9-11/h1-6,9,17H,7-8H2. The highest BCUT2D eigenvalue weighted by atomic mass is 32.2. The third-order valence-corrected chi connectivity index (χ3v) is 3.13.